The van der Waals surface area contributed by atoms with Crippen LogP contribution in [0.2, 0.25) is 0 Å². The van der Waals surface area contributed by atoms with Crippen molar-refractivity contribution in [1.29, 1.82) is 0 Å². The summed E-state index contributed by atoms with van der Waals surface area (Å²) < 4.78 is 0. The third-order valence-electron chi connectivity index (χ3n) is 4.49. The number of carbonyl (C=O) groups excluding carboxylic acids is 4. The summed E-state index contributed by atoms with van der Waals surface area (Å²) in [7, 11) is 0. The number of carbonyl (C=O) groups is 6. The lowest BCUT2D eigenvalue weighted by molar-refractivity contribution is -0.143. The van der Waals surface area contributed by atoms with Crippen molar-refractivity contribution in [2.45, 2.75) is 44.3 Å². The van der Waals surface area contributed by atoms with Crippen molar-refractivity contribution in [3.8, 4) is 0 Å². The average molecular weight is 497 g/mol. The molecule has 1 aromatic carbocycles. The maximum atomic E-state index is 12.2. The summed E-state index contributed by atoms with van der Waals surface area (Å²) in [6.07, 6.45) is -0.523. The summed E-state index contributed by atoms with van der Waals surface area (Å²) in [4.78, 5) is 70.3. The fourth-order valence-corrected chi connectivity index (χ4v) is 2.96. The van der Waals surface area contributed by atoms with Crippen LogP contribution in [0.5, 0.6) is 0 Å². The Balaban J connectivity index is 2.52. The number of thiol groups is 1. The van der Waals surface area contributed by atoms with Crippen molar-refractivity contribution in [2.24, 2.45) is 0 Å². The van der Waals surface area contributed by atoms with Crippen LogP contribution in [-0.4, -0.2) is 76.2 Å². The fraction of sp³-hybridized carbons (Fsp3) is 0.429. The van der Waals surface area contributed by atoms with Crippen molar-refractivity contribution >= 4 is 48.2 Å². The zero-order valence-electron chi connectivity index (χ0n) is 18.4. The Morgan fingerprint density at radius 3 is 2.09 bits per heavy atom. The van der Waals surface area contributed by atoms with Crippen molar-refractivity contribution in [2.75, 3.05) is 12.3 Å². The van der Waals surface area contributed by atoms with Crippen LogP contribution in [0.4, 0.5) is 0 Å². The van der Waals surface area contributed by atoms with Crippen LogP contribution in [0, 0.1) is 0 Å². The standard InChI is InChI=1S/C21H28N4O8S/c1-12(23-19(30)13-5-3-2-4-6-13)7-8-16(26)24-14(21(32)33)9-17(27)25-15(11-34)20(31)22-10-18(28)29/h2-6,12,14-15,34H,7-11H2,1H3,(H,22,31)(H,23,30)(H,24,26)(H,25,27)(H,28,29)(H,32,33). The number of amides is 4. The molecule has 0 saturated carbocycles. The monoisotopic (exact) mass is 496 g/mol. The molecule has 3 unspecified atom stereocenters. The van der Waals surface area contributed by atoms with Gasteiger partial charge in [-0.25, -0.2) is 4.79 Å². The molecule has 13 heteroatoms. The SMILES string of the molecule is CC(CCC(=O)NC(CC(=O)NC(CS)C(=O)NCC(=O)O)C(=O)O)NC(=O)c1ccccc1. The molecule has 4 amide bonds. The first-order chi connectivity index (χ1) is 16.0. The molecule has 0 heterocycles. The maximum absolute atomic E-state index is 12.2. The van der Waals surface area contributed by atoms with Gasteiger partial charge in [0.1, 0.15) is 18.6 Å². The highest BCUT2D eigenvalue weighted by Gasteiger charge is 2.26. The van der Waals surface area contributed by atoms with E-state index in [1.807, 2.05) is 0 Å². The number of nitrogens with one attached hydrogen (secondary N) is 4. The molecule has 0 aliphatic rings. The van der Waals surface area contributed by atoms with Crippen molar-refractivity contribution in [1.82, 2.24) is 21.3 Å². The highest BCUT2D eigenvalue weighted by molar-refractivity contribution is 7.80. The first-order valence-electron chi connectivity index (χ1n) is 10.3. The minimum Gasteiger partial charge on any atom is -0.480 e. The van der Waals surface area contributed by atoms with Gasteiger partial charge in [0.2, 0.25) is 17.7 Å². The maximum Gasteiger partial charge on any atom is 0.326 e. The number of rotatable bonds is 14. The lowest BCUT2D eigenvalue weighted by Crippen LogP contribution is -2.51. The largest absolute Gasteiger partial charge is 0.480 e. The third kappa shape index (κ3) is 10.8. The van der Waals surface area contributed by atoms with E-state index < -0.39 is 54.7 Å². The molecule has 0 radical (unpaired) electrons. The molecule has 0 fully saturated rings. The first-order valence-corrected chi connectivity index (χ1v) is 10.9. The van der Waals surface area contributed by atoms with E-state index in [0.717, 1.165) is 0 Å². The first kappa shape index (κ1) is 28.4. The molecule has 34 heavy (non-hydrogen) atoms. The van der Waals surface area contributed by atoms with Crippen molar-refractivity contribution in [3.63, 3.8) is 0 Å². The van der Waals surface area contributed by atoms with E-state index in [-0.39, 0.29) is 30.5 Å². The summed E-state index contributed by atoms with van der Waals surface area (Å²) in [6, 6.07) is 5.39. The molecule has 6 N–H and O–H groups in total. The Bertz CT molecular complexity index is 896. The van der Waals surface area contributed by atoms with E-state index in [1.165, 1.54) is 0 Å². The second-order valence-corrected chi connectivity index (χ2v) is 7.72. The second kappa shape index (κ2) is 14.5. The van der Waals surface area contributed by atoms with Gasteiger partial charge in [-0.05, 0) is 25.5 Å². The van der Waals surface area contributed by atoms with Gasteiger partial charge in [-0.3, -0.25) is 24.0 Å². The molecule has 0 aromatic heterocycles. The minimum atomic E-state index is -1.55. The van der Waals surface area contributed by atoms with Crippen molar-refractivity contribution < 1.29 is 39.0 Å². The topological polar surface area (TPSA) is 191 Å². The number of hydrogen-bond acceptors (Lipinski definition) is 7. The molecule has 12 nitrogen and oxygen atoms in total. The van der Waals surface area contributed by atoms with Gasteiger partial charge in [0.25, 0.3) is 5.91 Å². The Morgan fingerprint density at radius 1 is 0.912 bits per heavy atom. The third-order valence-corrected chi connectivity index (χ3v) is 4.85. The minimum absolute atomic E-state index is 0.0987. The number of hydrogen-bond donors (Lipinski definition) is 7. The van der Waals surface area contributed by atoms with E-state index >= 15 is 0 Å². The highest BCUT2D eigenvalue weighted by atomic mass is 32.1. The molecule has 0 spiro atoms. The molecule has 3 atom stereocenters. The smallest absolute Gasteiger partial charge is 0.326 e. The predicted molar refractivity (Wildman–Crippen MR) is 123 cm³/mol. The quantitative estimate of drug-likeness (QED) is 0.162. The van der Waals surface area contributed by atoms with Crippen LogP contribution in [0.1, 0.15) is 36.5 Å². The number of benzene rings is 1. The van der Waals surface area contributed by atoms with E-state index in [2.05, 4.69) is 33.9 Å². The van der Waals surface area contributed by atoms with Crippen LogP contribution in [0.25, 0.3) is 0 Å². The summed E-state index contributed by atoms with van der Waals surface area (Å²) >= 11 is 3.92. The summed E-state index contributed by atoms with van der Waals surface area (Å²) in [5.74, 6) is -5.47. The van der Waals surface area contributed by atoms with Gasteiger partial charge in [-0.1, -0.05) is 18.2 Å². The van der Waals surface area contributed by atoms with Gasteiger partial charge in [0.05, 0.1) is 6.42 Å². The fourth-order valence-electron chi connectivity index (χ4n) is 2.70. The van der Waals surface area contributed by atoms with Crippen LogP contribution in [-0.2, 0) is 24.0 Å². The van der Waals surface area contributed by atoms with Gasteiger partial charge < -0.3 is 31.5 Å². The Morgan fingerprint density at radius 2 is 1.53 bits per heavy atom. The van der Waals surface area contributed by atoms with E-state index in [0.29, 0.717) is 5.56 Å². The molecule has 0 bridgehead atoms. The van der Waals surface area contributed by atoms with E-state index in [4.69, 9.17) is 5.11 Å². The van der Waals surface area contributed by atoms with Gasteiger partial charge in [-0.2, -0.15) is 12.6 Å². The average Bonchev–Trinajstić information content (AvgIpc) is 2.79. The normalized spacial score (nSPS) is 13.0. The Hall–Kier alpha value is -3.61. The molecule has 1 aromatic rings. The predicted octanol–water partition coefficient (Wildman–Crippen LogP) is -0.840. The second-order valence-electron chi connectivity index (χ2n) is 7.36. The van der Waals surface area contributed by atoms with E-state index in [1.54, 1.807) is 37.3 Å². The molecule has 186 valence electrons. The van der Waals surface area contributed by atoms with Gasteiger partial charge in [0, 0.05) is 23.8 Å². The van der Waals surface area contributed by atoms with Crippen LogP contribution in [0.3, 0.4) is 0 Å². The molecular formula is C21H28N4O8S. The van der Waals surface area contributed by atoms with Gasteiger partial charge in [-0.15, -0.1) is 0 Å². The highest BCUT2D eigenvalue weighted by Crippen LogP contribution is 2.03. The summed E-state index contributed by atoms with van der Waals surface area (Å²) in [6.45, 7) is 1.04. The number of carboxylic acids is 2. The lowest BCUT2D eigenvalue weighted by Gasteiger charge is -2.19. The zero-order valence-corrected chi connectivity index (χ0v) is 19.3. The van der Waals surface area contributed by atoms with Crippen LogP contribution in [0.15, 0.2) is 30.3 Å². The number of aliphatic carboxylic acids is 2. The summed E-state index contributed by atoms with van der Waals surface area (Å²) in [5.41, 5.74) is 0.465. The molecular weight excluding hydrogens is 468 g/mol. The summed E-state index contributed by atoms with van der Waals surface area (Å²) in [5, 5.41) is 27.2. The lowest BCUT2D eigenvalue weighted by atomic mass is 10.1. The molecule has 0 aliphatic carbocycles. The van der Waals surface area contributed by atoms with Crippen LogP contribution < -0.4 is 21.3 Å². The Labute approximate surface area is 201 Å². The van der Waals surface area contributed by atoms with Crippen molar-refractivity contribution in [3.05, 3.63) is 35.9 Å². The Kier molecular flexibility index (Phi) is 12.1. The zero-order chi connectivity index (χ0) is 25.7. The molecule has 0 saturated heterocycles. The van der Waals surface area contributed by atoms with Gasteiger partial charge >= 0.3 is 11.9 Å². The van der Waals surface area contributed by atoms with Gasteiger partial charge in [0.15, 0.2) is 0 Å². The van der Waals surface area contributed by atoms with E-state index in [9.17, 15) is 33.9 Å². The molecule has 0 aliphatic heterocycles. The molecule has 1 rings (SSSR count). The number of carboxylic acid groups (broad SMARTS) is 2. The van der Waals surface area contributed by atoms with Crippen LogP contribution >= 0.6 is 12.6 Å².